The lowest BCUT2D eigenvalue weighted by atomic mass is 9.43. The number of hydrogen-bond donors (Lipinski definition) is 2. The van der Waals surface area contributed by atoms with Gasteiger partial charge >= 0.3 is 0 Å². The van der Waals surface area contributed by atoms with Crippen LogP contribution in [0.15, 0.2) is 5.16 Å². The normalized spacial score (nSPS) is 48.3. The number of aliphatic hydroxyl groups is 1. The number of nitrogens with zero attached hydrogens (tertiary/aromatic N) is 1. The minimum absolute atomic E-state index is 0.113. The molecule has 0 saturated heterocycles. The average molecular weight is 418 g/mol. The van der Waals surface area contributed by atoms with Crippen LogP contribution in [0.3, 0.4) is 0 Å². The van der Waals surface area contributed by atoms with Crippen molar-refractivity contribution < 1.29 is 10.3 Å². The Morgan fingerprint density at radius 1 is 0.967 bits per heavy atom. The Morgan fingerprint density at radius 3 is 2.43 bits per heavy atom. The van der Waals surface area contributed by atoms with Gasteiger partial charge in [0.25, 0.3) is 0 Å². The van der Waals surface area contributed by atoms with E-state index in [4.69, 9.17) is 0 Å². The fourth-order valence-electron chi connectivity index (χ4n) is 9.30. The first kappa shape index (κ1) is 22.6. The molecule has 4 saturated carbocycles. The van der Waals surface area contributed by atoms with Gasteiger partial charge in [-0.3, -0.25) is 0 Å². The lowest BCUT2D eigenvalue weighted by Crippen LogP contribution is -2.64. The van der Waals surface area contributed by atoms with Gasteiger partial charge in [-0.25, -0.2) is 0 Å². The van der Waals surface area contributed by atoms with Gasteiger partial charge in [-0.1, -0.05) is 59.0 Å². The minimum Gasteiger partial charge on any atom is -0.411 e. The summed E-state index contributed by atoms with van der Waals surface area (Å²) >= 11 is 0. The van der Waals surface area contributed by atoms with E-state index in [1.54, 1.807) is 0 Å². The predicted molar refractivity (Wildman–Crippen MR) is 124 cm³/mol. The third kappa shape index (κ3) is 3.28. The molecular weight excluding hydrogens is 370 g/mol. The van der Waals surface area contributed by atoms with Crippen molar-refractivity contribution >= 4 is 5.71 Å². The summed E-state index contributed by atoms with van der Waals surface area (Å²) in [5.41, 5.74) is 0.174. The van der Waals surface area contributed by atoms with Crippen LogP contribution < -0.4 is 0 Å². The van der Waals surface area contributed by atoms with Crippen molar-refractivity contribution in [2.24, 2.45) is 51.5 Å². The highest BCUT2D eigenvalue weighted by molar-refractivity contribution is 5.93. The molecule has 0 unspecified atom stereocenters. The molecule has 0 amide bonds. The van der Waals surface area contributed by atoms with E-state index in [1.807, 2.05) is 0 Å². The molecule has 0 aromatic rings. The first-order chi connectivity index (χ1) is 14.2. The number of rotatable bonds is 5. The van der Waals surface area contributed by atoms with Crippen LogP contribution in [-0.2, 0) is 0 Å². The van der Waals surface area contributed by atoms with E-state index in [9.17, 15) is 10.3 Å². The van der Waals surface area contributed by atoms with Gasteiger partial charge in [0.1, 0.15) is 5.60 Å². The molecule has 3 nitrogen and oxygen atoms in total. The van der Waals surface area contributed by atoms with Crippen LogP contribution in [0.2, 0.25) is 0 Å². The van der Waals surface area contributed by atoms with Gasteiger partial charge in [0, 0.05) is 5.41 Å². The van der Waals surface area contributed by atoms with E-state index in [0.717, 1.165) is 61.7 Å². The van der Waals surface area contributed by atoms with Gasteiger partial charge < -0.3 is 10.3 Å². The maximum atomic E-state index is 11.7. The fraction of sp³-hybridized carbons (Fsp3) is 0.963. The third-order valence-electron chi connectivity index (χ3n) is 10.9. The Hall–Kier alpha value is -0.570. The van der Waals surface area contributed by atoms with E-state index in [1.165, 1.54) is 44.9 Å². The zero-order valence-electron chi connectivity index (χ0n) is 20.3. The monoisotopic (exact) mass is 417 g/mol. The summed E-state index contributed by atoms with van der Waals surface area (Å²) in [5, 5.41) is 25.0. The van der Waals surface area contributed by atoms with Gasteiger partial charge in [-0.15, -0.1) is 0 Å². The maximum Gasteiger partial charge on any atom is 0.112 e. The Kier molecular flexibility index (Phi) is 6.10. The zero-order valence-corrected chi connectivity index (χ0v) is 20.3. The topological polar surface area (TPSA) is 52.8 Å². The average Bonchev–Trinajstić information content (AvgIpc) is 3.05. The smallest absolute Gasteiger partial charge is 0.112 e. The zero-order chi connectivity index (χ0) is 21.7. The summed E-state index contributed by atoms with van der Waals surface area (Å²) in [6, 6.07) is 0. The van der Waals surface area contributed by atoms with Crippen molar-refractivity contribution in [2.45, 2.75) is 117 Å². The van der Waals surface area contributed by atoms with Crippen molar-refractivity contribution in [3.8, 4) is 0 Å². The molecule has 4 aliphatic carbocycles. The minimum atomic E-state index is -0.878. The van der Waals surface area contributed by atoms with Gasteiger partial charge in [-0.2, -0.15) is 0 Å². The molecule has 0 aromatic carbocycles. The largest absolute Gasteiger partial charge is 0.411 e. The summed E-state index contributed by atoms with van der Waals surface area (Å²) in [7, 11) is 0. The summed E-state index contributed by atoms with van der Waals surface area (Å²) in [6.45, 7) is 12.2. The summed E-state index contributed by atoms with van der Waals surface area (Å²) in [5.74, 6) is 4.71. The quantitative estimate of drug-likeness (QED) is 0.372. The van der Waals surface area contributed by atoms with Crippen molar-refractivity contribution in [2.75, 3.05) is 0 Å². The molecule has 0 aromatic heterocycles. The van der Waals surface area contributed by atoms with Crippen LogP contribution in [0.4, 0.5) is 0 Å². The Balaban J connectivity index is 1.52. The molecule has 30 heavy (non-hydrogen) atoms. The Bertz CT molecular complexity index is 659. The van der Waals surface area contributed by atoms with Crippen LogP contribution in [0.1, 0.15) is 112 Å². The molecule has 0 bridgehead atoms. The molecule has 4 aliphatic rings. The Morgan fingerprint density at radius 2 is 1.73 bits per heavy atom. The molecule has 0 aliphatic heterocycles. The van der Waals surface area contributed by atoms with Crippen molar-refractivity contribution in [3.63, 3.8) is 0 Å². The Labute approximate surface area is 185 Å². The second-order valence-corrected chi connectivity index (χ2v) is 12.6. The molecule has 8 atom stereocenters. The van der Waals surface area contributed by atoms with Gasteiger partial charge in [0.15, 0.2) is 0 Å². The summed E-state index contributed by atoms with van der Waals surface area (Å²) in [6.07, 6.45) is 14.4. The fourth-order valence-corrected chi connectivity index (χ4v) is 9.30. The summed E-state index contributed by atoms with van der Waals surface area (Å²) < 4.78 is 0. The molecule has 0 heterocycles. The highest BCUT2D eigenvalue weighted by Crippen LogP contribution is 2.68. The molecule has 172 valence electrons. The van der Waals surface area contributed by atoms with Crippen molar-refractivity contribution in [1.82, 2.24) is 0 Å². The molecule has 4 fully saturated rings. The summed E-state index contributed by atoms with van der Waals surface area (Å²) in [4.78, 5) is 0. The van der Waals surface area contributed by atoms with E-state index >= 15 is 0 Å². The van der Waals surface area contributed by atoms with Gasteiger partial charge in [-0.05, 0) is 98.7 Å². The SMILES string of the molecule is CC(C)CCC[C@@H](C)[C@H]1CC[C@H]2[C@@H]3CC[C@]4(O)/C(=N/O)CCC[C@]4(C)[C@H]3CC[C@]12C. The second-order valence-electron chi connectivity index (χ2n) is 12.6. The second kappa shape index (κ2) is 8.09. The predicted octanol–water partition coefficient (Wildman–Crippen LogP) is 7.05. The number of oxime groups is 1. The lowest BCUT2D eigenvalue weighted by molar-refractivity contribution is -0.165. The first-order valence-corrected chi connectivity index (χ1v) is 13.1. The van der Waals surface area contributed by atoms with Gasteiger partial charge in [0.2, 0.25) is 0 Å². The van der Waals surface area contributed by atoms with Crippen LogP contribution in [0, 0.1) is 46.3 Å². The van der Waals surface area contributed by atoms with Gasteiger partial charge in [0.05, 0.1) is 5.71 Å². The number of hydrogen-bond acceptors (Lipinski definition) is 3. The molecular formula is C27H47NO2. The van der Waals surface area contributed by atoms with Crippen LogP contribution >= 0.6 is 0 Å². The standard InChI is InChI=1S/C27H47NO2/c1-18(2)8-6-9-19(3)21-11-12-22-20-13-17-27(29)24(28-30)10-7-15-26(27,5)23(20)14-16-25(21,22)4/h18-23,29-30H,6-17H2,1-5H3/b28-24+/t19-,20+,21-,22+,23+,25-,26-,27+/m1/s1. The van der Waals surface area contributed by atoms with Crippen LogP contribution in [0.5, 0.6) is 0 Å². The van der Waals surface area contributed by atoms with Crippen molar-refractivity contribution in [1.29, 1.82) is 0 Å². The van der Waals surface area contributed by atoms with Crippen LogP contribution in [0.25, 0.3) is 0 Å². The van der Waals surface area contributed by atoms with Crippen LogP contribution in [-0.4, -0.2) is 21.6 Å². The van der Waals surface area contributed by atoms with Crippen molar-refractivity contribution in [3.05, 3.63) is 0 Å². The molecule has 4 rings (SSSR count). The molecule has 2 N–H and O–H groups in total. The highest BCUT2D eigenvalue weighted by Gasteiger charge is 2.65. The highest BCUT2D eigenvalue weighted by atomic mass is 16.4. The lowest BCUT2D eigenvalue weighted by Gasteiger charge is -2.63. The van der Waals surface area contributed by atoms with E-state index in [0.29, 0.717) is 17.0 Å². The molecule has 3 heteroatoms. The van der Waals surface area contributed by atoms with E-state index in [2.05, 4.69) is 39.8 Å². The number of fused-ring (bicyclic) bond motifs is 5. The van der Waals surface area contributed by atoms with E-state index in [-0.39, 0.29) is 5.41 Å². The maximum absolute atomic E-state index is 11.7. The molecule has 0 spiro atoms. The first-order valence-electron chi connectivity index (χ1n) is 13.1. The third-order valence-corrected chi connectivity index (χ3v) is 10.9. The molecule has 0 radical (unpaired) electrons. The van der Waals surface area contributed by atoms with E-state index < -0.39 is 5.60 Å².